The van der Waals surface area contributed by atoms with Crippen LogP contribution in [0.5, 0.6) is 0 Å². The molecule has 8 heteroatoms. The molecule has 3 N–H and O–H groups in total. The first-order valence-electron chi connectivity index (χ1n) is 11.0. The summed E-state index contributed by atoms with van der Waals surface area (Å²) in [6.07, 6.45) is -0.972. The van der Waals surface area contributed by atoms with Crippen LogP contribution in [0.2, 0.25) is 0 Å². The molecule has 2 atom stereocenters. The van der Waals surface area contributed by atoms with E-state index in [1.165, 1.54) is 0 Å². The lowest BCUT2D eigenvalue weighted by molar-refractivity contribution is -0.137. The Labute approximate surface area is 197 Å². The maximum absolute atomic E-state index is 12.8. The van der Waals surface area contributed by atoms with E-state index in [1.807, 2.05) is 50.2 Å². The predicted molar refractivity (Wildman–Crippen MR) is 127 cm³/mol. The molecule has 1 aliphatic heterocycles. The van der Waals surface area contributed by atoms with Crippen LogP contribution < -0.4 is 10.6 Å². The lowest BCUT2D eigenvalue weighted by Gasteiger charge is -2.44. The maximum Gasteiger partial charge on any atom is 0.407 e. The highest BCUT2D eigenvalue weighted by atomic mass is 32.2. The summed E-state index contributed by atoms with van der Waals surface area (Å²) in [6, 6.07) is 15.1. The van der Waals surface area contributed by atoms with Gasteiger partial charge in [0.05, 0.1) is 6.04 Å². The van der Waals surface area contributed by atoms with Crippen molar-refractivity contribution >= 4 is 29.7 Å². The molecule has 2 unspecified atom stereocenters. The number of ether oxygens (including phenoxy) is 1. The number of carbonyl (C=O) groups is 3. The van der Waals surface area contributed by atoms with Crippen LogP contribution in [0.4, 0.5) is 4.79 Å². The molecule has 1 aliphatic carbocycles. The average Bonchev–Trinajstić information content (AvgIpc) is 3.11. The number of alkyl carbamates (subject to hydrolysis) is 1. The summed E-state index contributed by atoms with van der Waals surface area (Å²) in [7, 11) is 0. The molecule has 1 heterocycles. The minimum Gasteiger partial charge on any atom is -0.481 e. The molecule has 0 aromatic heterocycles. The molecule has 1 saturated heterocycles. The number of hydrogen-bond donors (Lipinski definition) is 3. The topological polar surface area (TPSA) is 105 Å². The van der Waals surface area contributed by atoms with Gasteiger partial charge in [-0.1, -0.05) is 48.5 Å². The Hall–Kier alpha value is -3.00. The van der Waals surface area contributed by atoms with Gasteiger partial charge in [0.1, 0.15) is 12.6 Å². The van der Waals surface area contributed by atoms with Crippen LogP contribution in [-0.4, -0.2) is 52.3 Å². The summed E-state index contributed by atoms with van der Waals surface area (Å²) in [4.78, 5) is 36.5. The number of thioether (sulfide) groups is 1. The fourth-order valence-electron chi connectivity index (χ4n) is 4.31. The van der Waals surface area contributed by atoms with Crippen molar-refractivity contribution in [3.63, 3.8) is 0 Å². The molecule has 7 nitrogen and oxygen atoms in total. The highest BCUT2D eigenvalue weighted by Gasteiger charge is 2.41. The van der Waals surface area contributed by atoms with Gasteiger partial charge in [-0.25, -0.2) is 4.79 Å². The van der Waals surface area contributed by atoms with Crippen LogP contribution in [-0.2, 0) is 14.3 Å². The molecule has 1 fully saturated rings. The first-order valence-corrected chi connectivity index (χ1v) is 12.0. The van der Waals surface area contributed by atoms with Crippen LogP contribution in [0.15, 0.2) is 48.5 Å². The summed E-state index contributed by atoms with van der Waals surface area (Å²) in [5.74, 6) is -0.720. The summed E-state index contributed by atoms with van der Waals surface area (Å²) in [6.45, 7) is 4.20. The molecule has 0 bridgehead atoms. The Morgan fingerprint density at radius 2 is 1.70 bits per heavy atom. The van der Waals surface area contributed by atoms with Crippen LogP contribution in [0, 0.1) is 0 Å². The molecule has 2 aliphatic rings. The Kier molecular flexibility index (Phi) is 6.65. The van der Waals surface area contributed by atoms with E-state index in [-0.39, 0.29) is 42.1 Å². The lowest BCUT2D eigenvalue weighted by Crippen LogP contribution is -2.60. The third-order valence-corrected chi connectivity index (χ3v) is 7.91. The molecule has 2 aromatic carbocycles. The fourth-order valence-corrected chi connectivity index (χ4v) is 5.45. The number of benzene rings is 2. The van der Waals surface area contributed by atoms with E-state index in [2.05, 4.69) is 22.8 Å². The van der Waals surface area contributed by atoms with Gasteiger partial charge < -0.3 is 20.5 Å². The average molecular weight is 469 g/mol. The van der Waals surface area contributed by atoms with E-state index in [1.54, 1.807) is 11.8 Å². The Bertz CT molecular complexity index is 1020. The van der Waals surface area contributed by atoms with E-state index < -0.39 is 18.1 Å². The molecular formula is C25H28N2O5S. The predicted octanol–water partition coefficient (Wildman–Crippen LogP) is 3.77. The zero-order valence-corrected chi connectivity index (χ0v) is 19.5. The van der Waals surface area contributed by atoms with Gasteiger partial charge in [-0.3, -0.25) is 9.59 Å². The Morgan fingerprint density at radius 3 is 2.21 bits per heavy atom. The van der Waals surface area contributed by atoms with Gasteiger partial charge >= 0.3 is 12.1 Å². The van der Waals surface area contributed by atoms with Crippen molar-refractivity contribution in [2.45, 2.75) is 49.4 Å². The molecule has 33 heavy (non-hydrogen) atoms. The minimum atomic E-state index is -1.03. The van der Waals surface area contributed by atoms with Gasteiger partial charge in [0.25, 0.3) is 0 Å². The third kappa shape index (κ3) is 5.00. The highest BCUT2D eigenvalue weighted by molar-refractivity contribution is 8.02. The first kappa shape index (κ1) is 23.2. The van der Waals surface area contributed by atoms with Crippen molar-refractivity contribution in [3.05, 3.63) is 59.7 Å². The number of carboxylic acid groups (broad SMARTS) is 1. The number of carboxylic acids is 1. The van der Waals surface area contributed by atoms with E-state index >= 15 is 0 Å². The number of aliphatic carboxylic acids is 1. The second kappa shape index (κ2) is 9.47. The van der Waals surface area contributed by atoms with Crippen molar-refractivity contribution in [3.8, 4) is 11.1 Å². The normalized spacial score (nSPS) is 18.9. The van der Waals surface area contributed by atoms with Gasteiger partial charge in [-0.2, -0.15) is 11.8 Å². The second-order valence-corrected chi connectivity index (χ2v) is 10.6. The van der Waals surface area contributed by atoms with Gasteiger partial charge in [0, 0.05) is 22.8 Å². The quantitative estimate of drug-likeness (QED) is 0.545. The van der Waals surface area contributed by atoms with Gasteiger partial charge in [0.2, 0.25) is 5.91 Å². The van der Waals surface area contributed by atoms with Crippen molar-refractivity contribution in [2.75, 3.05) is 12.4 Å². The second-order valence-electron chi connectivity index (χ2n) is 8.93. The number of rotatable bonds is 8. The van der Waals surface area contributed by atoms with E-state index in [9.17, 15) is 14.4 Å². The van der Waals surface area contributed by atoms with E-state index in [0.29, 0.717) is 0 Å². The van der Waals surface area contributed by atoms with E-state index in [4.69, 9.17) is 9.84 Å². The lowest BCUT2D eigenvalue weighted by atomic mass is 9.98. The van der Waals surface area contributed by atoms with Gasteiger partial charge in [-0.15, -0.1) is 0 Å². The molecular weight excluding hydrogens is 440 g/mol. The smallest absolute Gasteiger partial charge is 0.407 e. The van der Waals surface area contributed by atoms with Crippen LogP contribution in [0.1, 0.15) is 43.7 Å². The number of carbonyl (C=O) groups excluding carboxylic acids is 2. The number of fused-ring (bicyclic) bond motifs is 3. The number of nitrogens with one attached hydrogen (secondary N) is 2. The maximum atomic E-state index is 12.8. The molecule has 4 rings (SSSR count). The van der Waals surface area contributed by atoms with Gasteiger partial charge in [-0.05, 0) is 42.5 Å². The monoisotopic (exact) mass is 468 g/mol. The SMILES string of the molecule is CC1(C)SCC1NC(=O)C(CCC(=O)O)NC(=O)OCC1c2ccccc2-c2ccccc21. The van der Waals surface area contributed by atoms with E-state index in [0.717, 1.165) is 28.0 Å². The number of amides is 2. The molecule has 0 spiro atoms. The Morgan fingerprint density at radius 1 is 1.09 bits per heavy atom. The van der Waals surface area contributed by atoms with Crippen LogP contribution >= 0.6 is 11.8 Å². The molecule has 2 aromatic rings. The summed E-state index contributed by atoms with van der Waals surface area (Å²) < 4.78 is 5.45. The summed E-state index contributed by atoms with van der Waals surface area (Å²) in [5, 5.41) is 14.6. The number of hydrogen-bond acceptors (Lipinski definition) is 5. The van der Waals surface area contributed by atoms with Crippen LogP contribution in [0.3, 0.4) is 0 Å². The standard InChI is InChI=1S/C25H28N2O5S/c1-25(2)21(14-33-25)27-23(30)20(11-12-22(28)29)26-24(31)32-13-19-17-9-5-3-7-15(17)16-8-4-6-10-18(16)19/h3-10,19-21H,11-14H2,1-2H3,(H,26,31)(H,27,30)(H,28,29). The molecule has 174 valence electrons. The van der Waals surface area contributed by atoms with Crippen molar-refractivity contribution in [1.82, 2.24) is 10.6 Å². The summed E-state index contributed by atoms with van der Waals surface area (Å²) in [5.41, 5.74) is 4.44. The molecule has 2 amide bonds. The van der Waals surface area contributed by atoms with Gasteiger partial charge in [0.15, 0.2) is 0 Å². The minimum absolute atomic E-state index is 0.00828. The van der Waals surface area contributed by atoms with Crippen molar-refractivity contribution in [1.29, 1.82) is 0 Å². The summed E-state index contributed by atoms with van der Waals surface area (Å²) >= 11 is 1.75. The zero-order chi connectivity index (χ0) is 23.6. The largest absolute Gasteiger partial charge is 0.481 e. The first-order chi connectivity index (χ1) is 15.8. The highest BCUT2D eigenvalue weighted by Crippen LogP contribution is 2.44. The van der Waals surface area contributed by atoms with Crippen LogP contribution in [0.25, 0.3) is 11.1 Å². The third-order valence-electron chi connectivity index (χ3n) is 6.38. The molecule has 0 saturated carbocycles. The fraction of sp³-hybridized carbons (Fsp3) is 0.400. The van der Waals surface area contributed by atoms with Crippen molar-refractivity contribution in [2.24, 2.45) is 0 Å². The zero-order valence-electron chi connectivity index (χ0n) is 18.7. The Balaban J connectivity index is 1.40. The van der Waals surface area contributed by atoms with Crippen molar-refractivity contribution < 1.29 is 24.2 Å². The molecule has 0 radical (unpaired) electrons.